The molecule has 0 bridgehead atoms. The summed E-state index contributed by atoms with van der Waals surface area (Å²) in [6.07, 6.45) is 1.75. The molecule has 0 spiro atoms. The van der Waals surface area contributed by atoms with Gasteiger partial charge in [-0.05, 0) is 26.0 Å². The first-order valence-electron chi connectivity index (χ1n) is 3.95. The van der Waals surface area contributed by atoms with Crippen molar-refractivity contribution < 1.29 is 0 Å². The molecule has 0 fully saturated rings. The van der Waals surface area contributed by atoms with Gasteiger partial charge >= 0.3 is 0 Å². The topological polar surface area (TPSA) is 43.6 Å². The third kappa shape index (κ3) is 0.958. The van der Waals surface area contributed by atoms with E-state index in [2.05, 4.69) is 29.1 Å². The third-order valence-corrected chi connectivity index (χ3v) is 1.72. The van der Waals surface area contributed by atoms with Gasteiger partial charge in [-0.3, -0.25) is 0 Å². The second-order valence-electron chi connectivity index (χ2n) is 2.97. The number of nitrogens with zero attached hydrogens (tertiary/aromatic N) is 4. The van der Waals surface area contributed by atoms with E-state index in [1.165, 1.54) is 0 Å². The SMILES string of the molecule is CC(C)n1nnc2cccnc21. The van der Waals surface area contributed by atoms with Crippen LogP contribution in [0.5, 0.6) is 0 Å². The summed E-state index contributed by atoms with van der Waals surface area (Å²) in [5.41, 5.74) is 1.71. The summed E-state index contributed by atoms with van der Waals surface area (Å²) in [7, 11) is 0. The molecule has 0 unspecified atom stereocenters. The Labute approximate surface area is 70.2 Å². The molecular weight excluding hydrogens is 152 g/mol. The Morgan fingerprint density at radius 2 is 2.25 bits per heavy atom. The molecule has 0 aromatic carbocycles. The van der Waals surface area contributed by atoms with Crippen LogP contribution in [0.4, 0.5) is 0 Å². The van der Waals surface area contributed by atoms with Crippen molar-refractivity contribution in [2.45, 2.75) is 19.9 Å². The fourth-order valence-electron chi connectivity index (χ4n) is 1.13. The van der Waals surface area contributed by atoms with Gasteiger partial charge in [0.2, 0.25) is 0 Å². The molecule has 4 heteroatoms. The summed E-state index contributed by atoms with van der Waals surface area (Å²) in [4.78, 5) is 4.20. The van der Waals surface area contributed by atoms with Crippen molar-refractivity contribution in [3.8, 4) is 0 Å². The summed E-state index contributed by atoms with van der Waals surface area (Å²) in [5.74, 6) is 0. The summed E-state index contributed by atoms with van der Waals surface area (Å²) in [6.45, 7) is 4.12. The highest BCUT2D eigenvalue weighted by molar-refractivity contribution is 5.68. The van der Waals surface area contributed by atoms with Crippen LogP contribution >= 0.6 is 0 Å². The van der Waals surface area contributed by atoms with Crippen LogP contribution in [-0.2, 0) is 0 Å². The number of pyridine rings is 1. The smallest absolute Gasteiger partial charge is 0.178 e. The van der Waals surface area contributed by atoms with Crippen molar-refractivity contribution in [3.63, 3.8) is 0 Å². The second-order valence-corrected chi connectivity index (χ2v) is 2.97. The minimum absolute atomic E-state index is 0.310. The van der Waals surface area contributed by atoms with Gasteiger partial charge in [0.1, 0.15) is 5.52 Å². The van der Waals surface area contributed by atoms with Gasteiger partial charge in [0.15, 0.2) is 5.65 Å². The van der Waals surface area contributed by atoms with Gasteiger partial charge in [-0.25, -0.2) is 9.67 Å². The first-order valence-corrected chi connectivity index (χ1v) is 3.95. The van der Waals surface area contributed by atoms with Crippen LogP contribution in [0.3, 0.4) is 0 Å². The number of rotatable bonds is 1. The molecule has 0 N–H and O–H groups in total. The quantitative estimate of drug-likeness (QED) is 0.636. The molecule has 0 aliphatic rings. The highest BCUT2D eigenvalue weighted by Crippen LogP contribution is 2.11. The van der Waals surface area contributed by atoms with Gasteiger partial charge in [-0.1, -0.05) is 5.21 Å². The average Bonchev–Trinajstić information content (AvgIpc) is 2.47. The Bertz CT molecular complexity index is 391. The maximum atomic E-state index is 4.20. The Balaban J connectivity index is 2.70. The molecule has 12 heavy (non-hydrogen) atoms. The standard InChI is InChI=1S/C8H10N4/c1-6(2)12-8-7(10-11-12)4-3-5-9-8/h3-6H,1-2H3. The molecule has 62 valence electrons. The first kappa shape index (κ1) is 7.21. The highest BCUT2D eigenvalue weighted by Gasteiger charge is 2.06. The molecule has 2 heterocycles. The zero-order chi connectivity index (χ0) is 8.55. The number of hydrogen-bond donors (Lipinski definition) is 0. The summed E-state index contributed by atoms with van der Waals surface area (Å²) in [5, 5.41) is 7.99. The molecule has 4 nitrogen and oxygen atoms in total. The number of hydrogen-bond acceptors (Lipinski definition) is 3. The Morgan fingerprint density at radius 3 is 3.00 bits per heavy atom. The van der Waals surface area contributed by atoms with Crippen LogP contribution in [0.25, 0.3) is 11.2 Å². The van der Waals surface area contributed by atoms with Gasteiger partial charge < -0.3 is 0 Å². The van der Waals surface area contributed by atoms with E-state index >= 15 is 0 Å². The van der Waals surface area contributed by atoms with Crippen molar-refractivity contribution in [1.82, 2.24) is 20.0 Å². The lowest BCUT2D eigenvalue weighted by Crippen LogP contribution is -2.03. The summed E-state index contributed by atoms with van der Waals surface area (Å²) >= 11 is 0. The van der Waals surface area contributed by atoms with Crippen LogP contribution in [0, 0.1) is 0 Å². The molecule has 2 rings (SSSR count). The van der Waals surface area contributed by atoms with E-state index in [-0.39, 0.29) is 0 Å². The van der Waals surface area contributed by atoms with E-state index < -0.39 is 0 Å². The van der Waals surface area contributed by atoms with E-state index in [9.17, 15) is 0 Å². The van der Waals surface area contributed by atoms with Gasteiger partial charge in [0.05, 0.1) is 6.04 Å². The van der Waals surface area contributed by atoms with E-state index in [1.807, 2.05) is 16.8 Å². The van der Waals surface area contributed by atoms with Crippen molar-refractivity contribution in [3.05, 3.63) is 18.3 Å². The van der Waals surface area contributed by atoms with Gasteiger partial charge in [0, 0.05) is 6.20 Å². The van der Waals surface area contributed by atoms with Crippen molar-refractivity contribution in [2.75, 3.05) is 0 Å². The van der Waals surface area contributed by atoms with Crippen molar-refractivity contribution in [1.29, 1.82) is 0 Å². The fraction of sp³-hybridized carbons (Fsp3) is 0.375. The zero-order valence-corrected chi connectivity index (χ0v) is 7.10. The Kier molecular flexibility index (Phi) is 1.53. The molecule has 0 saturated heterocycles. The van der Waals surface area contributed by atoms with Gasteiger partial charge in [-0.15, -0.1) is 5.10 Å². The summed E-state index contributed by atoms with van der Waals surface area (Å²) < 4.78 is 1.81. The van der Waals surface area contributed by atoms with E-state index in [0.717, 1.165) is 11.2 Å². The average molecular weight is 162 g/mol. The third-order valence-electron chi connectivity index (χ3n) is 1.72. The van der Waals surface area contributed by atoms with Crippen molar-refractivity contribution in [2.24, 2.45) is 0 Å². The minimum Gasteiger partial charge on any atom is -0.235 e. The second kappa shape index (κ2) is 2.55. The van der Waals surface area contributed by atoms with Crippen LogP contribution in [0.15, 0.2) is 18.3 Å². The van der Waals surface area contributed by atoms with Crippen LogP contribution in [0.1, 0.15) is 19.9 Å². The predicted molar refractivity (Wildman–Crippen MR) is 45.7 cm³/mol. The van der Waals surface area contributed by atoms with E-state index in [1.54, 1.807) is 6.20 Å². The predicted octanol–water partition coefficient (Wildman–Crippen LogP) is 1.41. The molecule has 0 aliphatic carbocycles. The molecule has 0 atom stereocenters. The Morgan fingerprint density at radius 1 is 1.42 bits per heavy atom. The maximum absolute atomic E-state index is 4.20. The minimum atomic E-state index is 0.310. The lowest BCUT2D eigenvalue weighted by atomic mass is 10.4. The maximum Gasteiger partial charge on any atom is 0.178 e. The monoisotopic (exact) mass is 162 g/mol. The van der Waals surface area contributed by atoms with Crippen LogP contribution in [0.2, 0.25) is 0 Å². The molecule has 0 saturated carbocycles. The van der Waals surface area contributed by atoms with Crippen LogP contribution in [-0.4, -0.2) is 20.0 Å². The van der Waals surface area contributed by atoms with E-state index in [4.69, 9.17) is 0 Å². The van der Waals surface area contributed by atoms with Crippen LogP contribution < -0.4 is 0 Å². The largest absolute Gasteiger partial charge is 0.235 e. The lowest BCUT2D eigenvalue weighted by molar-refractivity contribution is 0.526. The molecule has 0 radical (unpaired) electrons. The first-order chi connectivity index (χ1) is 5.79. The van der Waals surface area contributed by atoms with Crippen molar-refractivity contribution >= 4 is 11.2 Å². The Hall–Kier alpha value is -1.45. The molecular formula is C8H10N4. The van der Waals surface area contributed by atoms with E-state index in [0.29, 0.717) is 6.04 Å². The highest BCUT2D eigenvalue weighted by atomic mass is 15.4. The summed E-state index contributed by atoms with van der Waals surface area (Å²) in [6, 6.07) is 4.08. The molecule has 2 aromatic heterocycles. The normalized spacial score (nSPS) is 11.2. The molecule has 0 amide bonds. The lowest BCUT2D eigenvalue weighted by Gasteiger charge is -2.02. The zero-order valence-electron chi connectivity index (χ0n) is 7.10. The number of fused-ring (bicyclic) bond motifs is 1. The molecule has 0 aliphatic heterocycles. The fourth-order valence-corrected chi connectivity index (χ4v) is 1.13. The molecule has 2 aromatic rings. The number of aromatic nitrogens is 4. The van der Waals surface area contributed by atoms with Gasteiger partial charge in [-0.2, -0.15) is 0 Å². The van der Waals surface area contributed by atoms with Gasteiger partial charge in [0.25, 0.3) is 0 Å².